The van der Waals surface area contributed by atoms with E-state index in [1.165, 1.54) is 0 Å². The van der Waals surface area contributed by atoms with Gasteiger partial charge >= 0.3 is 0 Å². The van der Waals surface area contributed by atoms with E-state index in [0.717, 1.165) is 26.2 Å². The Morgan fingerprint density at radius 2 is 2.10 bits per heavy atom. The van der Waals surface area contributed by atoms with Crippen molar-refractivity contribution >= 4 is 27.5 Å². The Bertz CT molecular complexity index is 684. The molecule has 0 aromatic heterocycles. The number of alkyl halides is 2. The Labute approximate surface area is 177 Å². The van der Waals surface area contributed by atoms with Crippen molar-refractivity contribution in [3.05, 3.63) is 0 Å². The lowest BCUT2D eigenvalue weighted by molar-refractivity contribution is -0.129. The highest BCUT2D eigenvalue weighted by atomic mass is 35.5. The number of halogens is 2. The van der Waals surface area contributed by atoms with Crippen LogP contribution in [0.5, 0.6) is 0 Å². The Kier molecular flexibility index (Phi) is 7.77. The minimum absolute atomic E-state index is 0.0243. The van der Waals surface area contributed by atoms with Crippen molar-refractivity contribution in [1.29, 1.82) is 0 Å². The fourth-order valence-electron chi connectivity index (χ4n) is 4.68. The summed E-state index contributed by atoms with van der Waals surface area (Å²) < 4.78 is 39.5. The number of nitrogens with zero attached hydrogens (tertiary/aromatic N) is 1. The molecule has 3 fully saturated rings. The molecule has 7 unspecified atom stereocenters. The second kappa shape index (κ2) is 9.74. The molecule has 2 heterocycles. The minimum atomic E-state index is -3.71. The van der Waals surface area contributed by atoms with E-state index in [2.05, 4.69) is 25.8 Å². The van der Waals surface area contributed by atoms with Crippen LogP contribution in [-0.2, 0) is 14.8 Å². The minimum Gasteiger partial charge on any atom is -0.316 e. The summed E-state index contributed by atoms with van der Waals surface area (Å²) in [5, 5.41) is 5.81. The highest BCUT2D eigenvalue weighted by molar-refractivity contribution is 7.89. The predicted molar refractivity (Wildman–Crippen MR) is 110 cm³/mol. The van der Waals surface area contributed by atoms with Crippen LogP contribution in [0, 0.1) is 23.7 Å². The second-order valence-electron chi connectivity index (χ2n) is 8.91. The van der Waals surface area contributed by atoms with Crippen LogP contribution >= 0.6 is 11.6 Å². The molecule has 1 amide bonds. The van der Waals surface area contributed by atoms with Gasteiger partial charge in [-0.05, 0) is 57.2 Å². The van der Waals surface area contributed by atoms with E-state index in [9.17, 15) is 17.6 Å². The molecule has 2 aliphatic heterocycles. The number of hydrazine groups is 1. The number of carbonyl (C=O) groups excluding carboxylic acids is 1. The summed E-state index contributed by atoms with van der Waals surface area (Å²) in [5.74, 6) is -1.38. The molecule has 0 aromatic carbocycles. The van der Waals surface area contributed by atoms with E-state index in [1.54, 1.807) is 0 Å². The standard InChI is InChI=1S/C18H33ClFN5O3S/c1-11-3-4-21-7-13(11)9-29(27,28)24-23-18(26)14-5-12(6-15(19)17(14)20)16-8-25(2)10-22-16/h11-17,21-22,24H,3-10H2,1-2H3,(H,23,26). The Hall–Kier alpha value is -0.520. The van der Waals surface area contributed by atoms with Gasteiger partial charge in [-0.1, -0.05) is 6.92 Å². The molecule has 0 spiro atoms. The van der Waals surface area contributed by atoms with Crippen LogP contribution in [0.1, 0.15) is 26.2 Å². The molecule has 1 aliphatic carbocycles. The van der Waals surface area contributed by atoms with Crippen molar-refractivity contribution in [2.24, 2.45) is 23.7 Å². The van der Waals surface area contributed by atoms with Gasteiger partial charge in [-0.15, -0.1) is 16.4 Å². The van der Waals surface area contributed by atoms with Crippen molar-refractivity contribution in [1.82, 2.24) is 25.8 Å². The lowest BCUT2D eigenvalue weighted by Gasteiger charge is -2.37. The third-order valence-corrected chi connectivity index (χ3v) is 8.30. The Morgan fingerprint density at radius 1 is 1.34 bits per heavy atom. The predicted octanol–water partition coefficient (Wildman–Crippen LogP) is 0.0154. The van der Waals surface area contributed by atoms with Crippen LogP contribution in [0.4, 0.5) is 4.39 Å². The summed E-state index contributed by atoms with van der Waals surface area (Å²) in [7, 11) is -1.72. The molecule has 7 atom stereocenters. The van der Waals surface area contributed by atoms with E-state index >= 15 is 0 Å². The molecule has 0 aromatic rings. The van der Waals surface area contributed by atoms with E-state index in [4.69, 9.17) is 11.6 Å². The number of likely N-dealkylation sites (N-methyl/N-ethyl adjacent to an activating group) is 1. The van der Waals surface area contributed by atoms with Crippen LogP contribution in [0.3, 0.4) is 0 Å². The van der Waals surface area contributed by atoms with E-state index in [0.29, 0.717) is 19.4 Å². The second-order valence-corrected chi connectivity index (χ2v) is 11.2. The monoisotopic (exact) mass is 453 g/mol. The zero-order valence-electron chi connectivity index (χ0n) is 17.0. The number of rotatable bonds is 6. The molecule has 1 saturated carbocycles. The molecule has 3 rings (SSSR count). The number of nitrogens with one attached hydrogen (secondary N) is 4. The molecule has 168 valence electrons. The Balaban J connectivity index is 1.55. The van der Waals surface area contributed by atoms with Gasteiger partial charge in [-0.2, -0.15) is 0 Å². The van der Waals surface area contributed by atoms with Gasteiger partial charge in [-0.3, -0.25) is 20.4 Å². The summed E-state index contributed by atoms with van der Waals surface area (Å²) >= 11 is 6.21. The van der Waals surface area contributed by atoms with E-state index < -0.39 is 33.4 Å². The Morgan fingerprint density at radius 3 is 2.76 bits per heavy atom. The SMILES string of the molecule is CC1CCNCC1CS(=O)(=O)NNC(=O)C1CC(C2CN(C)CN2)CC(Cl)C1F. The van der Waals surface area contributed by atoms with Crippen molar-refractivity contribution in [3.8, 4) is 0 Å². The summed E-state index contributed by atoms with van der Waals surface area (Å²) in [6, 6.07) is 0.154. The number of hydrogen-bond donors (Lipinski definition) is 4. The fraction of sp³-hybridized carbons (Fsp3) is 0.944. The molecule has 2 saturated heterocycles. The third-order valence-electron chi connectivity index (χ3n) is 6.60. The van der Waals surface area contributed by atoms with Gasteiger partial charge < -0.3 is 5.32 Å². The fourth-order valence-corrected chi connectivity index (χ4v) is 6.43. The van der Waals surface area contributed by atoms with E-state index in [1.807, 2.05) is 14.0 Å². The summed E-state index contributed by atoms with van der Waals surface area (Å²) in [6.45, 7) is 5.11. The number of sulfonamides is 1. The smallest absolute Gasteiger partial charge is 0.241 e. The first-order valence-electron chi connectivity index (χ1n) is 10.4. The molecular weight excluding hydrogens is 421 g/mol. The highest BCUT2D eigenvalue weighted by Gasteiger charge is 2.44. The van der Waals surface area contributed by atoms with Crippen molar-refractivity contribution in [2.75, 3.05) is 39.1 Å². The highest BCUT2D eigenvalue weighted by Crippen LogP contribution is 2.37. The normalized spacial score (nSPS) is 39.4. The van der Waals surface area contributed by atoms with Crippen LogP contribution < -0.4 is 20.9 Å². The molecule has 0 radical (unpaired) electrons. The molecule has 0 bridgehead atoms. The number of hydrogen-bond acceptors (Lipinski definition) is 6. The first kappa shape index (κ1) is 23.1. The maximum absolute atomic E-state index is 14.7. The topological polar surface area (TPSA) is 103 Å². The van der Waals surface area contributed by atoms with Crippen molar-refractivity contribution in [3.63, 3.8) is 0 Å². The average Bonchev–Trinajstić information content (AvgIpc) is 3.10. The maximum atomic E-state index is 14.7. The van der Waals surface area contributed by atoms with Crippen LogP contribution in [-0.4, -0.2) is 75.9 Å². The van der Waals surface area contributed by atoms with Gasteiger partial charge in [-0.25, -0.2) is 12.8 Å². The molecule has 4 N–H and O–H groups in total. The van der Waals surface area contributed by atoms with Gasteiger partial charge in [0.1, 0.15) is 6.17 Å². The van der Waals surface area contributed by atoms with Gasteiger partial charge in [0, 0.05) is 19.3 Å². The molecular formula is C18H33ClFN5O3S. The quantitative estimate of drug-likeness (QED) is 0.334. The van der Waals surface area contributed by atoms with Crippen molar-refractivity contribution in [2.45, 2.75) is 43.8 Å². The van der Waals surface area contributed by atoms with Crippen LogP contribution in [0.2, 0.25) is 0 Å². The van der Waals surface area contributed by atoms with Crippen LogP contribution in [0.25, 0.3) is 0 Å². The molecule has 11 heteroatoms. The maximum Gasteiger partial charge on any atom is 0.241 e. The first-order chi connectivity index (χ1) is 13.7. The number of carbonyl (C=O) groups is 1. The van der Waals surface area contributed by atoms with Gasteiger partial charge in [0.25, 0.3) is 0 Å². The lowest BCUT2D eigenvalue weighted by atomic mass is 9.76. The first-order valence-corrected chi connectivity index (χ1v) is 12.4. The van der Waals surface area contributed by atoms with Gasteiger partial charge in [0.2, 0.25) is 15.9 Å². The third kappa shape index (κ3) is 6.01. The number of amides is 1. The summed E-state index contributed by atoms with van der Waals surface area (Å²) in [6.07, 6.45) is 0.254. The lowest BCUT2D eigenvalue weighted by Crippen LogP contribution is -2.53. The van der Waals surface area contributed by atoms with Gasteiger partial charge in [0.05, 0.1) is 17.0 Å². The molecule has 29 heavy (non-hydrogen) atoms. The van der Waals surface area contributed by atoms with E-state index in [-0.39, 0.29) is 29.5 Å². The molecule has 8 nitrogen and oxygen atoms in total. The van der Waals surface area contributed by atoms with Gasteiger partial charge in [0.15, 0.2) is 0 Å². The van der Waals surface area contributed by atoms with Crippen molar-refractivity contribution < 1.29 is 17.6 Å². The zero-order valence-corrected chi connectivity index (χ0v) is 18.6. The summed E-state index contributed by atoms with van der Waals surface area (Å²) in [5.41, 5.74) is 2.24. The van der Waals surface area contributed by atoms with Crippen LogP contribution in [0.15, 0.2) is 0 Å². The number of piperidine rings is 1. The summed E-state index contributed by atoms with van der Waals surface area (Å²) in [4.78, 5) is 16.9. The molecule has 3 aliphatic rings. The average molecular weight is 454 g/mol. The zero-order chi connectivity index (χ0) is 21.2. The largest absolute Gasteiger partial charge is 0.316 e.